The van der Waals surface area contributed by atoms with Gasteiger partial charge in [-0.05, 0) is 127 Å². The molecule has 318 valence electrons. The Morgan fingerprint density at radius 3 is 0.762 bits per heavy atom. The van der Waals surface area contributed by atoms with Gasteiger partial charge in [-0.25, -0.2) is 29.9 Å². The van der Waals surface area contributed by atoms with E-state index in [9.17, 15) is 0 Å². The molecular weight excluding hydrogens is 799 g/mol. The summed E-state index contributed by atoms with van der Waals surface area (Å²) in [6.45, 7) is 0. The molecule has 0 saturated carbocycles. The second kappa shape index (κ2) is 20.7. The van der Waals surface area contributed by atoms with E-state index in [0.717, 1.165) is 102 Å². The van der Waals surface area contributed by atoms with Crippen LogP contribution in [0.25, 0.3) is 32.7 Å². The lowest BCUT2D eigenvalue weighted by Crippen LogP contribution is -1.96. The Kier molecular flexibility index (Phi) is 14.0. The van der Waals surface area contributed by atoms with Crippen LogP contribution in [-0.2, 0) is 0 Å². The minimum absolute atomic E-state index is 0.740. The van der Waals surface area contributed by atoms with Gasteiger partial charge in [0, 0.05) is 33.2 Å². The van der Waals surface area contributed by atoms with E-state index in [1.54, 1.807) is 61.6 Å². The van der Waals surface area contributed by atoms with Gasteiger partial charge in [0.1, 0.15) is 70.9 Å². The average molecular weight is 844 g/mol. The molecule has 63 heavy (non-hydrogen) atoms. The van der Waals surface area contributed by atoms with Gasteiger partial charge in [-0.15, -0.1) is 0 Å². The van der Waals surface area contributed by atoms with Crippen LogP contribution in [0.3, 0.4) is 0 Å². The Bertz CT molecular complexity index is 2590. The highest BCUT2D eigenvalue weighted by Gasteiger charge is 2.09. The lowest BCUT2D eigenvalue weighted by Gasteiger charge is -2.10. The van der Waals surface area contributed by atoms with Crippen molar-refractivity contribution in [3.05, 3.63) is 146 Å². The van der Waals surface area contributed by atoms with Crippen molar-refractivity contribution >= 4 is 67.2 Å². The molecule has 3 heterocycles. The fraction of sp³-hybridized carbons (Fsp3) is 0.125. The molecular formula is C48H45N9O6. The van der Waals surface area contributed by atoms with E-state index in [4.69, 9.17) is 28.4 Å². The Balaban J connectivity index is 0.000000142. The average Bonchev–Trinajstić information content (AvgIpc) is 3.35. The fourth-order valence-corrected chi connectivity index (χ4v) is 6.22. The van der Waals surface area contributed by atoms with Crippen molar-refractivity contribution in [2.75, 3.05) is 58.6 Å². The number of benzene rings is 6. The molecule has 0 radical (unpaired) electrons. The highest BCUT2D eigenvalue weighted by atomic mass is 16.5. The molecule has 0 aliphatic heterocycles. The number of aromatic nitrogens is 6. The van der Waals surface area contributed by atoms with Gasteiger partial charge in [0.2, 0.25) is 0 Å². The first-order valence-electron chi connectivity index (χ1n) is 19.5. The van der Waals surface area contributed by atoms with Crippen molar-refractivity contribution in [1.29, 1.82) is 0 Å². The largest absolute Gasteiger partial charge is 0.497 e. The van der Waals surface area contributed by atoms with E-state index in [-0.39, 0.29) is 0 Å². The lowest BCUT2D eigenvalue weighted by atomic mass is 10.2. The van der Waals surface area contributed by atoms with Crippen LogP contribution in [-0.4, -0.2) is 72.6 Å². The Morgan fingerprint density at radius 1 is 0.286 bits per heavy atom. The smallest absolute Gasteiger partial charge is 0.141 e. The number of nitrogens with one attached hydrogen (secondary N) is 3. The Hall–Kier alpha value is -8.46. The number of fused-ring (bicyclic) bond motifs is 3. The molecule has 0 aliphatic carbocycles. The SMILES string of the molecule is COc1ccc(Nc2ncnc3ccc(OC)cc23)cc1.COc1ccc(Nc2ncnc3ccc(OC)cc23)cc1.COc1ccc(Nc2ncnc3ccc(OC)cc23)cc1. The molecule has 0 saturated heterocycles. The van der Waals surface area contributed by atoms with Gasteiger partial charge in [-0.1, -0.05) is 0 Å². The number of hydrogen-bond donors (Lipinski definition) is 3. The molecule has 15 nitrogen and oxygen atoms in total. The molecule has 15 heteroatoms. The Morgan fingerprint density at radius 2 is 0.524 bits per heavy atom. The summed E-state index contributed by atoms with van der Waals surface area (Å²) < 4.78 is 31.2. The van der Waals surface area contributed by atoms with Crippen LogP contribution in [0.5, 0.6) is 34.5 Å². The monoisotopic (exact) mass is 843 g/mol. The number of hydrogen-bond acceptors (Lipinski definition) is 15. The number of ether oxygens (including phenoxy) is 6. The van der Waals surface area contributed by atoms with E-state index in [2.05, 4.69) is 45.9 Å². The minimum atomic E-state index is 0.740. The van der Waals surface area contributed by atoms with Crippen LogP contribution in [0.2, 0.25) is 0 Å². The molecule has 6 aromatic carbocycles. The molecule has 3 aromatic heterocycles. The maximum atomic E-state index is 5.26. The fourth-order valence-electron chi connectivity index (χ4n) is 6.22. The van der Waals surface area contributed by atoms with E-state index in [0.29, 0.717) is 0 Å². The van der Waals surface area contributed by atoms with Crippen LogP contribution in [0.4, 0.5) is 34.5 Å². The molecule has 0 bridgehead atoms. The van der Waals surface area contributed by atoms with Gasteiger partial charge in [0.05, 0.1) is 59.2 Å². The van der Waals surface area contributed by atoms with Crippen molar-refractivity contribution in [3.8, 4) is 34.5 Å². The summed E-state index contributed by atoms with van der Waals surface area (Å²) in [7, 11) is 9.86. The van der Waals surface area contributed by atoms with Gasteiger partial charge >= 0.3 is 0 Å². The molecule has 3 N–H and O–H groups in total. The lowest BCUT2D eigenvalue weighted by molar-refractivity contribution is 0.415. The quantitative estimate of drug-likeness (QED) is 0.106. The van der Waals surface area contributed by atoms with Crippen LogP contribution in [0.15, 0.2) is 146 Å². The molecule has 0 amide bonds. The van der Waals surface area contributed by atoms with E-state index in [1.807, 2.05) is 127 Å². The molecule has 9 rings (SSSR count). The van der Waals surface area contributed by atoms with Crippen molar-refractivity contribution in [1.82, 2.24) is 29.9 Å². The van der Waals surface area contributed by atoms with Gasteiger partial charge in [-0.3, -0.25) is 0 Å². The number of methoxy groups -OCH3 is 6. The molecule has 0 fully saturated rings. The van der Waals surface area contributed by atoms with Crippen LogP contribution in [0.1, 0.15) is 0 Å². The third-order valence-corrected chi connectivity index (χ3v) is 9.59. The van der Waals surface area contributed by atoms with E-state index >= 15 is 0 Å². The number of anilines is 6. The zero-order chi connectivity index (χ0) is 44.0. The number of nitrogens with zero attached hydrogens (tertiary/aromatic N) is 6. The summed E-state index contributed by atoms with van der Waals surface area (Å²) in [6, 6.07) is 40.1. The van der Waals surface area contributed by atoms with Gasteiger partial charge < -0.3 is 44.4 Å². The normalized spacial score (nSPS) is 10.4. The second-order valence-corrected chi connectivity index (χ2v) is 13.4. The third-order valence-electron chi connectivity index (χ3n) is 9.59. The zero-order valence-electron chi connectivity index (χ0n) is 35.5. The summed E-state index contributed by atoms with van der Waals surface area (Å²) in [5.41, 5.74) is 5.38. The predicted molar refractivity (Wildman–Crippen MR) is 247 cm³/mol. The first-order valence-corrected chi connectivity index (χ1v) is 19.5. The van der Waals surface area contributed by atoms with E-state index in [1.165, 1.54) is 0 Å². The predicted octanol–water partition coefficient (Wildman–Crippen LogP) is 10.2. The van der Waals surface area contributed by atoms with Crippen molar-refractivity contribution in [3.63, 3.8) is 0 Å². The van der Waals surface area contributed by atoms with Crippen LogP contribution >= 0.6 is 0 Å². The molecule has 0 spiro atoms. The maximum Gasteiger partial charge on any atom is 0.141 e. The maximum absolute atomic E-state index is 5.26. The summed E-state index contributed by atoms with van der Waals surface area (Å²) in [5.74, 6) is 6.98. The minimum Gasteiger partial charge on any atom is -0.497 e. The topological polar surface area (TPSA) is 169 Å². The van der Waals surface area contributed by atoms with Crippen LogP contribution < -0.4 is 44.4 Å². The standard InChI is InChI=1S/3C16H15N3O2/c3*1-20-12-5-3-11(4-6-12)19-16-14-9-13(21-2)7-8-15(14)17-10-18-16/h3*3-10H,1-2H3,(H,17,18,19). The summed E-state index contributed by atoms with van der Waals surface area (Å²) in [4.78, 5) is 25.7. The summed E-state index contributed by atoms with van der Waals surface area (Å²) >= 11 is 0. The van der Waals surface area contributed by atoms with Gasteiger partial charge in [0.25, 0.3) is 0 Å². The van der Waals surface area contributed by atoms with E-state index < -0.39 is 0 Å². The van der Waals surface area contributed by atoms with Crippen LogP contribution in [0, 0.1) is 0 Å². The van der Waals surface area contributed by atoms with Crippen molar-refractivity contribution < 1.29 is 28.4 Å². The summed E-state index contributed by atoms with van der Waals surface area (Å²) in [5, 5.41) is 12.6. The number of rotatable bonds is 12. The molecule has 0 atom stereocenters. The van der Waals surface area contributed by atoms with Crippen molar-refractivity contribution in [2.24, 2.45) is 0 Å². The highest BCUT2D eigenvalue weighted by Crippen LogP contribution is 2.30. The summed E-state index contributed by atoms with van der Waals surface area (Å²) in [6.07, 6.45) is 4.63. The first-order chi connectivity index (χ1) is 30.9. The second-order valence-electron chi connectivity index (χ2n) is 13.4. The van der Waals surface area contributed by atoms with Gasteiger partial charge in [-0.2, -0.15) is 0 Å². The third kappa shape index (κ3) is 10.8. The molecule has 9 aromatic rings. The van der Waals surface area contributed by atoms with Gasteiger partial charge in [0.15, 0.2) is 0 Å². The van der Waals surface area contributed by atoms with Crippen molar-refractivity contribution in [2.45, 2.75) is 0 Å². The Labute approximate surface area is 364 Å². The zero-order valence-corrected chi connectivity index (χ0v) is 35.5. The first kappa shape index (κ1) is 42.7. The molecule has 0 aliphatic rings. The molecule has 0 unspecified atom stereocenters. The highest BCUT2D eigenvalue weighted by molar-refractivity contribution is 5.93.